The molecule has 0 radical (unpaired) electrons. The first-order valence-electron chi connectivity index (χ1n) is 5.94. The summed E-state index contributed by atoms with van der Waals surface area (Å²) in [6.07, 6.45) is 0.717. The Balaban J connectivity index is 2.00. The van der Waals surface area contributed by atoms with Crippen molar-refractivity contribution in [2.45, 2.75) is 6.42 Å². The van der Waals surface area contributed by atoms with Gasteiger partial charge in [0.1, 0.15) is 4.47 Å². The Bertz CT molecular complexity index is 688. The number of nitrogens with one attached hydrogen (secondary N) is 1. The van der Waals surface area contributed by atoms with Crippen LogP contribution in [0, 0.1) is 10.1 Å². The van der Waals surface area contributed by atoms with Gasteiger partial charge in [-0.25, -0.2) is 0 Å². The normalized spacial score (nSPS) is 10.4. The number of nitro benzene ring substituents is 1. The molecule has 2 aromatic rings. The Morgan fingerprint density at radius 3 is 2.67 bits per heavy atom. The average molecular weight is 434 g/mol. The number of carbonyl (C=O) groups is 1. The van der Waals surface area contributed by atoms with Gasteiger partial charge in [-0.3, -0.25) is 14.9 Å². The first-order chi connectivity index (χ1) is 9.99. The van der Waals surface area contributed by atoms with Crippen molar-refractivity contribution in [1.82, 2.24) is 5.32 Å². The fourth-order valence-electron chi connectivity index (χ4n) is 1.72. The number of rotatable bonds is 5. The zero-order valence-corrected chi connectivity index (χ0v) is 14.6. The lowest BCUT2D eigenvalue weighted by Gasteiger charge is -2.06. The highest BCUT2D eigenvalue weighted by Crippen LogP contribution is 2.28. The maximum absolute atomic E-state index is 12.1. The van der Waals surface area contributed by atoms with Crippen LogP contribution in [0.2, 0.25) is 0 Å². The number of hydrogen-bond donors (Lipinski definition) is 1. The molecular weight excluding hydrogens is 424 g/mol. The van der Waals surface area contributed by atoms with Crippen LogP contribution in [0.25, 0.3) is 0 Å². The first kappa shape index (κ1) is 16.1. The lowest BCUT2D eigenvalue weighted by molar-refractivity contribution is -0.385. The monoisotopic (exact) mass is 432 g/mol. The lowest BCUT2D eigenvalue weighted by Crippen LogP contribution is -2.26. The van der Waals surface area contributed by atoms with Crippen molar-refractivity contribution in [2.75, 3.05) is 6.54 Å². The predicted molar refractivity (Wildman–Crippen MR) is 88.9 cm³/mol. The van der Waals surface area contributed by atoms with Crippen molar-refractivity contribution in [3.63, 3.8) is 0 Å². The van der Waals surface area contributed by atoms with Gasteiger partial charge in [0, 0.05) is 17.5 Å². The minimum absolute atomic E-state index is 0.121. The molecule has 1 aromatic heterocycles. The topological polar surface area (TPSA) is 72.2 Å². The van der Waals surface area contributed by atoms with E-state index in [-0.39, 0.29) is 21.6 Å². The van der Waals surface area contributed by atoms with Gasteiger partial charge in [0.05, 0.1) is 14.3 Å². The minimum Gasteiger partial charge on any atom is -0.352 e. The molecule has 1 heterocycles. The molecule has 0 saturated heterocycles. The fraction of sp³-hybridized carbons (Fsp3) is 0.154. The molecule has 1 N–H and O–H groups in total. The maximum Gasteiger partial charge on any atom is 0.284 e. The molecule has 0 fully saturated rings. The Morgan fingerprint density at radius 1 is 1.29 bits per heavy atom. The van der Waals surface area contributed by atoms with Crippen molar-refractivity contribution >= 4 is 54.8 Å². The highest BCUT2D eigenvalue weighted by Gasteiger charge is 2.19. The smallest absolute Gasteiger partial charge is 0.284 e. The quantitative estimate of drug-likeness (QED) is 0.568. The molecule has 0 saturated carbocycles. The number of halogens is 2. The van der Waals surface area contributed by atoms with E-state index in [9.17, 15) is 14.9 Å². The fourth-order valence-corrected chi connectivity index (χ4v) is 3.79. The molecule has 0 atom stereocenters. The maximum atomic E-state index is 12.1. The third-order valence-corrected chi connectivity index (χ3v) is 5.22. The van der Waals surface area contributed by atoms with E-state index in [4.69, 9.17) is 0 Å². The molecule has 1 amide bonds. The van der Waals surface area contributed by atoms with Crippen LogP contribution in [0.4, 0.5) is 5.69 Å². The number of thiophene rings is 1. The summed E-state index contributed by atoms with van der Waals surface area (Å²) in [6.45, 7) is 0.473. The predicted octanol–water partition coefficient (Wildman–Crippen LogP) is 4.15. The van der Waals surface area contributed by atoms with E-state index in [0.29, 0.717) is 13.0 Å². The van der Waals surface area contributed by atoms with Gasteiger partial charge in [-0.15, -0.1) is 11.3 Å². The highest BCUT2D eigenvalue weighted by atomic mass is 79.9. The Labute approximate surface area is 141 Å². The van der Waals surface area contributed by atoms with E-state index >= 15 is 0 Å². The number of hydrogen-bond acceptors (Lipinski definition) is 4. The summed E-state index contributed by atoms with van der Waals surface area (Å²) in [4.78, 5) is 23.5. The minimum atomic E-state index is -0.524. The van der Waals surface area contributed by atoms with Gasteiger partial charge < -0.3 is 5.32 Å². The van der Waals surface area contributed by atoms with Gasteiger partial charge >= 0.3 is 0 Å². The van der Waals surface area contributed by atoms with Crippen LogP contribution in [-0.4, -0.2) is 17.4 Å². The lowest BCUT2D eigenvalue weighted by atomic mass is 10.2. The van der Waals surface area contributed by atoms with E-state index in [0.717, 1.165) is 8.66 Å². The number of benzene rings is 1. The number of amides is 1. The largest absolute Gasteiger partial charge is 0.352 e. The van der Waals surface area contributed by atoms with Crippen LogP contribution in [0.5, 0.6) is 0 Å². The van der Waals surface area contributed by atoms with E-state index in [1.54, 1.807) is 17.4 Å². The third kappa shape index (κ3) is 4.12. The van der Waals surface area contributed by atoms with E-state index < -0.39 is 4.92 Å². The van der Waals surface area contributed by atoms with Crippen molar-refractivity contribution < 1.29 is 9.72 Å². The van der Waals surface area contributed by atoms with Gasteiger partial charge in [0.2, 0.25) is 0 Å². The molecule has 0 aliphatic rings. The molecule has 0 unspecified atom stereocenters. The molecule has 0 aliphatic carbocycles. The Morgan fingerprint density at radius 2 is 2.05 bits per heavy atom. The molecule has 0 spiro atoms. The van der Waals surface area contributed by atoms with Gasteiger partial charge in [-0.2, -0.15) is 0 Å². The summed E-state index contributed by atoms with van der Waals surface area (Å²) in [6, 6.07) is 8.34. The van der Waals surface area contributed by atoms with E-state index in [2.05, 4.69) is 37.2 Å². The molecule has 0 aliphatic heterocycles. The second-order valence-electron chi connectivity index (χ2n) is 4.11. The van der Waals surface area contributed by atoms with E-state index in [1.165, 1.54) is 12.1 Å². The Kier molecular flexibility index (Phi) is 5.49. The second kappa shape index (κ2) is 7.15. The summed E-state index contributed by atoms with van der Waals surface area (Å²) in [5.41, 5.74) is 0.140. The molecule has 1 aromatic carbocycles. The third-order valence-electron chi connectivity index (χ3n) is 2.71. The molecule has 110 valence electrons. The highest BCUT2D eigenvalue weighted by molar-refractivity contribution is 9.11. The number of nitrogens with zero attached hydrogens (tertiary/aromatic N) is 1. The molecular formula is C13H10Br2N2O3S. The van der Waals surface area contributed by atoms with Gasteiger partial charge in [0.25, 0.3) is 11.6 Å². The molecule has 0 bridgehead atoms. The molecule has 2 rings (SSSR count). The van der Waals surface area contributed by atoms with Crippen LogP contribution < -0.4 is 5.32 Å². The Hall–Kier alpha value is -1.25. The summed E-state index contributed by atoms with van der Waals surface area (Å²) in [7, 11) is 0. The number of nitro groups is 1. The van der Waals surface area contributed by atoms with Crippen LogP contribution >= 0.6 is 43.2 Å². The van der Waals surface area contributed by atoms with Crippen molar-refractivity contribution in [3.05, 3.63) is 59.1 Å². The van der Waals surface area contributed by atoms with Crippen LogP contribution in [0.15, 0.2) is 38.6 Å². The van der Waals surface area contributed by atoms with E-state index in [1.807, 2.05) is 12.1 Å². The van der Waals surface area contributed by atoms with Crippen molar-refractivity contribution in [2.24, 2.45) is 0 Å². The van der Waals surface area contributed by atoms with Crippen LogP contribution in [0.1, 0.15) is 15.2 Å². The van der Waals surface area contributed by atoms with Gasteiger partial charge in [-0.1, -0.05) is 6.07 Å². The average Bonchev–Trinajstić information content (AvgIpc) is 2.84. The molecule has 8 heteroatoms. The summed E-state index contributed by atoms with van der Waals surface area (Å²) >= 11 is 8.11. The summed E-state index contributed by atoms with van der Waals surface area (Å²) in [5.74, 6) is -0.332. The van der Waals surface area contributed by atoms with Crippen molar-refractivity contribution in [3.8, 4) is 0 Å². The van der Waals surface area contributed by atoms with Crippen LogP contribution in [0.3, 0.4) is 0 Å². The van der Waals surface area contributed by atoms with Gasteiger partial charge in [-0.05, 0) is 56.5 Å². The number of carbonyl (C=O) groups excluding carboxylic acids is 1. The molecule has 21 heavy (non-hydrogen) atoms. The zero-order valence-electron chi connectivity index (χ0n) is 10.6. The zero-order chi connectivity index (χ0) is 15.4. The SMILES string of the molecule is O=C(NCCc1ccc(Br)s1)c1cccc([N+](=O)[O-])c1Br. The summed E-state index contributed by atoms with van der Waals surface area (Å²) in [5, 5.41) is 13.6. The first-order valence-corrected chi connectivity index (χ1v) is 8.34. The standard InChI is InChI=1S/C13H10Br2N2O3S/c14-11-5-4-8(21-11)6-7-16-13(18)9-2-1-3-10(12(9)15)17(19)20/h1-5H,6-7H2,(H,16,18). The van der Waals surface area contributed by atoms with Crippen LogP contribution in [-0.2, 0) is 6.42 Å². The van der Waals surface area contributed by atoms with Gasteiger partial charge in [0.15, 0.2) is 0 Å². The second-order valence-corrected chi connectivity index (χ2v) is 7.45. The molecule has 5 nitrogen and oxygen atoms in total. The summed E-state index contributed by atoms with van der Waals surface area (Å²) < 4.78 is 1.25. The van der Waals surface area contributed by atoms with Crippen molar-refractivity contribution in [1.29, 1.82) is 0 Å².